The van der Waals surface area contributed by atoms with E-state index >= 15 is 0 Å². The van der Waals surface area contributed by atoms with Crippen LogP contribution in [0.1, 0.15) is 51.9 Å². The van der Waals surface area contributed by atoms with Crippen LogP contribution in [0.4, 0.5) is 0 Å². The molecule has 1 aliphatic rings. The van der Waals surface area contributed by atoms with Gasteiger partial charge in [-0.25, -0.2) is 0 Å². The monoisotopic (exact) mass is 272 g/mol. The lowest BCUT2D eigenvalue weighted by Gasteiger charge is -2.36. The van der Waals surface area contributed by atoms with Crippen LogP contribution in [-0.2, 0) is 4.79 Å². The smallest absolute Gasteiger partial charge is 0.221 e. The Balaban J connectivity index is 2.29. The number of hydrogen-bond acceptors (Lipinski definition) is 3. The van der Waals surface area contributed by atoms with Crippen molar-refractivity contribution >= 4 is 17.7 Å². The van der Waals surface area contributed by atoms with E-state index in [0.29, 0.717) is 11.7 Å². The Morgan fingerprint density at radius 2 is 2.00 bits per heavy atom. The zero-order valence-electron chi connectivity index (χ0n) is 12.1. The molecule has 1 fully saturated rings. The second-order valence-corrected chi connectivity index (χ2v) is 6.73. The molecular weight excluding hydrogens is 244 g/mol. The molecule has 0 aromatic heterocycles. The molecule has 1 saturated carbocycles. The van der Waals surface area contributed by atoms with Gasteiger partial charge in [-0.05, 0) is 32.6 Å². The van der Waals surface area contributed by atoms with Gasteiger partial charge in [-0.1, -0.05) is 26.2 Å². The summed E-state index contributed by atoms with van der Waals surface area (Å²) in [4.78, 5) is 12.0. The molecule has 0 bridgehead atoms. The molecule has 1 unspecified atom stereocenters. The molecule has 0 aliphatic heterocycles. The van der Waals surface area contributed by atoms with Crippen molar-refractivity contribution in [3.63, 3.8) is 0 Å². The van der Waals surface area contributed by atoms with Gasteiger partial charge in [-0.15, -0.1) is 0 Å². The van der Waals surface area contributed by atoms with Crippen molar-refractivity contribution in [1.29, 1.82) is 0 Å². The average molecular weight is 272 g/mol. The van der Waals surface area contributed by atoms with Crippen LogP contribution < -0.4 is 10.6 Å². The highest BCUT2D eigenvalue weighted by Gasteiger charge is 2.32. The molecule has 1 atom stereocenters. The third kappa shape index (κ3) is 5.19. The molecule has 4 heteroatoms. The van der Waals surface area contributed by atoms with E-state index in [1.54, 1.807) is 0 Å². The minimum Gasteiger partial charge on any atom is -0.356 e. The Morgan fingerprint density at radius 1 is 1.33 bits per heavy atom. The van der Waals surface area contributed by atoms with E-state index in [9.17, 15) is 4.79 Å². The van der Waals surface area contributed by atoms with Crippen molar-refractivity contribution in [1.82, 2.24) is 10.6 Å². The number of amides is 1. The molecule has 0 saturated heterocycles. The predicted molar refractivity (Wildman–Crippen MR) is 80.1 cm³/mol. The highest BCUT2D eigenvalue weighted by atomic mass is 32.2. The zero-order chi connectivity index (χ0) is 13.4. The Morgan fingerprint density at radius 3 is 2.56 bits per heavy atom. The fourth-order valence-corrected chi connectivity index (χ4v) is 3.00. The molecule has 0 aromatic carbocycles. The van der Waals surface area contributed by atoms with Crippen LogP contribution in [0.15, 0.2) is 0 Å². The first kappa shape index (κ1) is 15.8. The fourth-order valence-electron chi connectivity index (χ4n) is 2.65. The molecule has 0 spiro atoms. The molecule has 0 heterocycles. The van der Waals surface area contributed by atoms with Crippen LogP contribution in [0.2, 0.25) is 0 Å². The van der Waals surface area contributed by atoms with E-state index in [-0.39, 0.29) is 11.4 Å². The SMILES string of the molecule is CNC1(CC(=O)NCCC(C)SC)CCCCC1. The standard InChI is InChI=1S/C14H28N2OS/c1-12(18-3)7-10-16-13(17)11-14(15-2)8-5-4-6-9-14/h12,15H,4-11H2,1-3H3,(H,16,17). The molecule has 0 aromatic rings. The Bertz CT molecular complexity index is 252. The normalized spacial score (nSPS) is 20.4. The van der Waals surface area contributed by atoms with Gasteiger partial charge in [0, 0.05) is 23.8 Å². The molecule has 18 heavy (non-hydrogen) atoms. The summed E-state index contributed by atoms with van der Waals surface area (Å²) in [5, 5.41) is 7.08. The van der Waals surface area contributed by atoms with Gasteiger partial charge in [0.25, 0.3) is 0 Å². The van der Waals surface area contributed by atoms with E-state index in [1.807, 2.05) is 18.8 Å². The van der Waals surface area contributed by atoms with E-state index < -0.39 is 0 Å². The summed E-state index contributed by atoms with van der Waals surface area (Å²) in [6, 6.07) is 0. The highest BCUT2D eigenvalue weighted by Crippen LogP contribution is 2.30. The van der Waals surface area contributed by atoms with Crippen LogP contribution in [-0.4, -0.2) is 36.5 Å². The topological polar surface area (TPSA) is 41.1 Å². The first-order valence-corrected chi connectivity index (χ1v) is 8.39. The van der Waals surface area contributed by atoms with Gasteiger partial charge in [0.1, 0.15) is 0 Å². The first-order chi connectivity index (χ1) is 8.62. The van der Waals surface area contributed by atoms with Gasteiger partial charge in [-0.2, -0.15) is 11.8 Å². The molecule has 1 aliphatic carbocycles. The van der Waals surface area contributed by atoms with Crippen LogP contribution in [0.5, 0.6) is 0 Å². The van der Waals surface area contributed by atoms with Crippen molar-refractivity contribution in [3.8, 4) is 0 Å². The molecule has 0 radical (unpaired) electrons. The average Bonchev–Trinajstić information content (AvgIpc) is 2.39. The van der Waals surface area contributed by atoms with Crippen LogP contribution in [0.25, 0.3) is 0 Å². The van der Waals surface area contributed by atoms with E-state index in [0.717, 1.165) is 25.8 Å². The Hall–Kier alpha value is -0.220. The van der Waals surface area contributed by atoms with Gasteiger partial charge in [-0.3, -0.25) is 4.79 Å². The van der Waals surface area contributed by atoms with Gasteiger partial charge >= 0.3 is 0 Å². The first-order valence-electron chi connectivity index (χ1n) is 7.10. The second-order valence-electron chi connectivity index (χ2n) is 5.45. The minimum atomic E-state index is 0.0630. The van der Waals surface area contributed by atoms with Crippen LogP contribution in [0, 0.1) is 0 Å². The van der Waals surface area contributed by atoms with E-state index in [2.05, 4.69) is 23.8 Å². The van der Waals surface area contributed by atoms with Crippen molar-refractivity contribution in [2.45, 2.75) is 62.7 Å². The fraction of sp³-hybridized carbons (Fsp3) is 0.929. The van der Waals surface area contributed by atoms with Gasteiger partial charge < -0.3 is 10.6 Å². The van der Waals surface area contributed by atoms with E-state index in [1.165, 1.54) is 19.3 Å². The highest BCUT2D eigenvalue weighted by molar-refractivity contribution is 7.99. The van der Waals surface area contributed by atoms with Gasteiger partial charge in [0.15, 0.2) is 0 Å². The summed E-state index contributed by atoms with van der Waals surface area (Å²) in [5.41, 5.74) is 0.0630. The number of hydrogen-bond donors (Lipinski definition) is 2. The summed E-state index contributed by atoms with van der Waals surface area (Å²) < 4.78 is 0. The third-order valence-corrected chi connectivity index (χ3v) is 5.16. The maximum atomic E-state index is 12.0. The zero-order valence-corrected chi connectivity index (χ0v) is 12.9. The Labute approximate surface area is 116 Å². The molecule has 1 amide bonds. The molecule has 3 nitrogen and oxygen atoms in total. The van der Waals surface area contributed by atoms with Gasteiger partial charge in [0.05, 0.1) is 0 Å². The summed E-state index contributed by atoms with van der Waals surface area (Å²) in [6.45, 7) is 3.01. The Kier molecular flexibility index (Phi) is 7.08. The van der Waals surface area contributed by atoms with Crippen molar-refractivity contribution < 1.29 is 4.79 Å². The number of nitrogens with one attached hydrogen (secondary N) is 2. The van der Waals surface area contributed by atoms with Crippen molar-refractivity contribution in [2.24, 2.45) is 0 Å². The predicted octanol–water partition coefficient (Wildman–Crippen LogP) is 2.56. The lowest BCUT2D eigenvalue weighted by molar-refractivity contribution is -0.122. The molecule has 106 valence electrons. The number of rotatable bonds is 7. The van der Waals surface area contributed by atoms with Crippen LogP contribution in [0.3, 0.4) is 0 Å². The molecule has 2 N–H and O–H groups in total. The lowest BCUT2D eigenvalue weighted by atomic mass is 9.79. The van der Waals surface area contributed by atoms with Crippen LogP contribution >= 0.6 is 11.8 Å². The largest absolute Gasteiger partial charge is 0.356 e. The van der Waals surface area contributed by atoms with E-state index in [4.69, 9.17) is 0 Å². The summed E-state index contributed by atoms with van der Waals surface area (Å²) in [6.07, 6.45) is 9.89. The van der Waals surface area contributed by atoms with Crippen molar-refractivity contribution in [2.75, 3.05) is 19.8 Å². The summed E-state index contributed by atoms with van der Waals surface area (Å²) in [5.74, 6) is 0.208. The van der Waals surface area contributed by atoms with Crippen molar-refractivity contribution in [3.05, 3.63) is 0 Å². The van der Waals surface area contributed by atoms with Gasteiger partial charge in [0.2, 0.25) is 5.91 Å². The lowest BCUT2D eigenvalue weighted by Crippen LogP contribution is -2.48. The second kappa shape index (κ2) is 8.05. The number of carbonyl (C=O) groups excluding carboxylic acids is 1. The summed E-state index contributed by atoms with van der Waals surface area (Å²) in [7, 11) is 1.99. The molecular formula is C14H28N2OS. The summed E-state index contributed by atoms with van der Waals surface area (Å²) >= 11 is 1.85. The quantitative estimate of drug-likeness (QED) is 0.748. The third-order valence-electron chi connectivity index (χ3n) is 4.12. The number of thioether (sulfide) groups is 1. The maximum absolute atomic E-state index is 12.0. The minimum absolute atomic E-state index is 0.0630. The maximum Gasteiger partial charge on any atom is 0.221 e. The number of carbonyl (C=O) groups is 1. The molecule has 1 rings (SSSR count).